The molecule has 25 heavy (non-hydrogen) atoms. The Morgan fingerprint density at radius 2 is 1.44 bits per heavy atom. The summed E-state index contributed by atoms with van der Waals surface area (Å²) in [6.07, 6.45) is 11.6. The second-order valence-corrected chi connectivity index (χ2v) is 7.73. The van der Waals surface area contributed by atoms with Crippen LogP contribution >= 0.6 is 0 Å². The monoisotopic (exact) mass is 354 g/mol. The van der Waals surface area contributed by atoms with Crippen LogP contribution in [0, 0.1) is 17.6 Å². The van der Waals surface area contributed by atoms with Crippen LogP contribution in [0.2, 0.25) is 0 Å². The van der Waals surface area contributed by atoms with Gasteiger partial charge in [-0.25, -0.2) is 8.78 Å². The summed E-state index contributed by atoms with van der Waals surface area (Å²) < 4.78 is 32.3. The van der Waals surface area contributed by atoms with Crippen molar-refractivity contribution in [2.75, 3.05) is 7.11 Å². The summed E-state index contributed by atoms with van der Waals surface area (Å²) in [4.78, 5) is 0. The number of unbranched alkanes of at least 4 members (excludes halogenated alkanes) is 5. The fourth-order valence-corrected chi connectivity index (χ4v) is 3.49. The molecule has 1 atom stereocenters. The van der Waals surface area contributed by atoms with Crippen LogP contribution in [0.25, 0.3) is 0 Å². The van der Waals surface area contributed by atoms with E-state index in [-0.39, 0.29) is 5.60 Å². The third-order valence-electron chi connectivity index (χ3n) is 5.36. The quantitative estimate of drug-likeness (QED) is 0.344. The van der Waals surface area contributed by atoms with Gasteiger partial charge in [0.25, 0.3) is 0 Å². The van der Waals surface area contributed by atoms with Crippen LogP contribution in [0.4, 0.5) is 8.78 Å². The lowest BCUT2D eigenvalue weighted by Gasteiger charge is -2.33. The Bertz CT molecular complexity index is 465. The van der Waals surface area contributed by atoms with Crippen LogP contribution in [0.15, 0.2) is 18.2 Å². The maximum absolute atomic E-state index is 13.3. The Morgan fingerprint density at radius 3 is 2.04 bits per heavy atom. The molecule has 0 radical (unpaired) electrons. The molecule has 0 aromatic heterocycles. The van der Waals surface area contributed by atoms with Gasteiger partial charge >= 0.3 is 0 Å². The van der Waals surface area contributed by atoms with Gasteiger partial charge < -0.3 is 4.74 Å². The van der Waals surface area contributed by atoms with Crippen molar-refractivity contribution in [2.24, 2.45) is 5.92 Å². The van der Waals surface area contributed by atoms with E-state index in [4.69, 9.17) is 4.74 Å². The first kappa shape index (κ1) is 22.1. The highest BCUT2D eigenvalue weighted by molar-refractivity contribution is 5.17. The van der Waals surface area contributed by atoms with E-state index in [9.17, 15) is 8.78 Å². The minimum absolute atomic E-state index is 0.156. The third-order valence-corrected chi connectivity index (χ3v) is 5.36. The minimum atomic E-state index is -0.490. The summed E-state index contributed by atoms with van der Waals surface area (Å²) in [6.45, 7) is 6.54. The van der Waals surface area contributed by atoms with Gasteiger partial charge in [0.2, 0.25) is 0 Å². The van der Waals surface area contributed by atoms with Gasteiger partial charge in [0.15, 0.2) is 0 Å². The maximum atomic E-state index is 13.3. The van der Waals surface area contributed by atoms with Crippen molar-refractivity contribution < 1.29 is 13.5 Å². The standard InChI is InChI=1S/C22H36F2O/c1-5-6-7-8-9-10-13-19(22(2,3)25-4)14-11-12-18-15-20(23)17-21(24)16-18/h15-17,19H,5-14H2,1-4H3. The molecule has 144 valence electrons. The van der Waals surface area contributed by atoms with Crippen molar-refractivity contribution in [2.45, 2.75) is 90.6 Å². The number of ether oxygens (including phenoxy) is 1. The summed E-state index contributed by atoms with van der Waals surface area (Å²) in [5.74, 6) is -0.506. The van der Waals surface area contributed by atoms with Crippen molar-refractivity contribution in [3.63, 3.8) is 0 Å². The number of hydrogen-bond donors (Lipinski definition) is 0. The lowest BCUT2D eigenvalue weighted by atomic mass is 9.82. The SMILES string of the molecule is CCCCCCCCC(CCCc1cc(F)cc(F)c1)C(C)(C)OC. The van der Waals surface area contributed by atoms with Gasteiger partial charge in [0.05, 0.1) is 5.60 Å². The molecular weight excluding hydrogens is 318 g/mol. The van der Waals surface area contributed by atoms with Gasteiger partial charge in [-0.1, -0.05) is 45.4 Å². The zero-order valence-corrected chi connectivity index (χ0v) is 16.5. The van der Waals surface area contributed by atoms with Gasteiger partial charge in [-0.15, -0.1) is 0 Å². The summed E-state index contributed by atoms with van der Waals surface area (Å²) in [6, 6.07) is 3.81. The number of halogens is 2. The van der Waals surface area contributed by atoms with E-state index in [1.165, 1.54) is 50.7 Å². The molecule has 1 aromatic carbocycles. The highest BCUT2D eigenvalue weighted by atomic mass is 19.1. The van der Waals surface area contributed by atoms with Crippen LogP contribution in [-0.4, -0.2) is 12.7 Å². The molecule has 0 saturated heterocycles. The molecule has 0 fully saturated rings. The molecule has 1 rings (SSSR count). The molecule has 0 saturated carbocycles. The molecule has 1 aromatic rings. The second-order valence-electron chi connectivity index (χ2n) is 7.73. The fourth-order valence-electron chi connectivity index (χ4n) is 3.49. The number of benzene rings is 1. The predicted molar refractivity (Wildman–Crippen MR) is 102 cm³/mol. The Hall–Kier alpha value is -0.960. The first-order chi connectivity index (χ1) is 11.9. The lowest BCUT2D eigenvalue weighted by Crippen LogP contribution is -2.33. The van der Waals surface area contributed by atoms with Crippen LogP contribution in [0.5, 0.6) is 0 Å². The van der Waals surface area contributed by atoms with Crippen molar-refractivity contribution in [1.82, 2.24) is 0 Å². The molecule has 1 unspecified atom stereocenters. The molecule has 0 N–H and O–H groups in total. The first-order valence-corrected chi connectivity index (χ1v) is 9.89. The maximum Gasteiger partial charge on any atom is 0.126 e. The van der Waals surface area contributed by atoms with E-state index < -0.39 is 11.6 Å². The topological polar surface area (TPSA) is 9.23 Å². The first-order valence-electron chi connectivity index (χ1n) is 9.89. The number of methoxy groups -OCH3 is 1. The average molecular weight is 355 g/mol. The van der Waals surface area contributed by atoms with E-state index in [2.05, 4.69) is 20.8 Å². The van der Waals surface area contributed by atoms with E-state index in [1.807, 2.05) is 0 Å². The van der Waals surface area contributed by atoms with Crippen LogP contribution in [-0.2, 0) is 11.2 Å². The Balaban J connectivity index is 2.45. The predicted octanol–water partition coefficient (Wildman–Crippen LogP) is 7.08. The largest absolute Gasteiger partial charge is 0.379 e. The Morgan fingerprint density at radius 1 is 0.880 bits per heavy atom. The molecule has 1 nitrogen and oxygen atoms in total. The molecule has 0 bridgehead atoms. The van der Waals surface area contributed by atoms with Gasteiger partial charge in [-0.2, -0.15) is 0 Å². The minimum Gasteiger partial charge on any atom is -0.379 e. The Labute approximate surface area is 153 Å². The molecular formula is C22H36F2O. The van der Waals surface area contributed by atoms with Crippen molar-refractivity contribution in [1.29, 1.82) is 0 Å². The summed E-state index contributed by atoms with van der Waals surface area (Å²) >= 11 is 0. The third kappa shape index (κ3) is 8.80. The molecule has 0 spiro atoms. The molecule has 0 amide bonds. The molecule has 0 aliphatic carbocycles. The summed E-state index contributed by atoms with van der Waals surface area (Å²) in [7, 11) is 1.77. The van der Waals surface area contributed by atoms with Crippen LogP contribution in [0.3, 0.4) is 0 Å². The summed E-state index contributed by atoms with van der Waals surface area (Å²) in [5, 5.41) is 0. The van der Waals surface area contributed by atoms with Crippen LogP contribution in [0.1, 0.15) is 84.1 Å². The highest BCUT2D eigenvalue weighted by Crippen LogP contribution is 2.31. The van der Waals surface area contributed by atoms with Crippen LogP contribution < -0.4 is 0 Å². The normalized spacial score (nSPS) is 13.2. The lowest BCUT2D eigenvalue weighted by molar-refractivity contribution is -0.0350. The molecule has 0 aliphatic rings. The van der Waals surface area contributed by atoms with Gasteiger partial charge in [-0.05, 0) is 63.1 Å². The number of hydrogen-bond acceptors (Lipinski definition) is 1. The zero-order chi connectivity index (χ0) is 18.7. The number of rotatable bonds is 13. The van der Waals surface area contributed by atoms with E-state index in [1.54, 1.807) is 7.11 Å². The van der Waals surface area contributed by atoms with Gasteiger partial charge in [0.1, 0.15) is 11.6 Å². The van der Waals surface area contributed by atoms with Gasteiger partial charge in [-0.3, -0.25) is 0 Å². The van der Waals surface area contributed by atoms with E-state index in [0.717, 1.165) is 30.9 Å². The fraction of sp³-hybridized carbons (Fsp3) is 0.727. The van der Waals surface area contributed by atoms with E-state index in [0.29, 0.717) is 12.3 Å². The van der Waals surface area contributed by atoms with Crippen molar-refractivity contribution >= 4 is 0 Å². The molecule has 0 aliphatic heterocycles. The smallest absolute Gasteiger partial charge is 0.126 e. The van der Waals surface area contributed by atoms with Crippen molar-refractivity contribution in [3.05, 3.63) is 35.4 Å². The molecule has 3 heteroatoms. The van der Waals surface area contributed by atoms with Crippen molar-refractivity contribution in [3.8, 4) is 0 Å². The number of aryl methyl sites for hydroxylation is 1. The zero-order valence-electron chi connectivity index (χ0n) is 16.5. The molecule has 0 heterocycles. The highest BCUT2D eigenvalue weighted by Gasteiger charge is 2.28. The average Bonchev–Trinajstić information content (AvgIpc) is 2.55. The van der Waals surface area contributed by atoms with E-state index >= 15 is 0 Å². The Kier molecular flexibility index (Phi) is 10.3. The summed E-state index contributed by atoms with van der Waals surface area (Å²) in [5.41, 5.74) is 0.586. The van der Waals surface area contributed by atoms with Gasteiger partial charge in [0, 0.05) is 13.2 Å². The second kappa shape index (κ2) is 11.6.